The maximum atomic E-state index is 11.9. The zero-order valence-corrected chi connectivity index (χ0v) is 13.4. The average molecular weight is 288 g/mol. The number of amides is 1. The molecular weight excluding hydrogens is 260 g/mol. The van der Waals surface area contributed by atoms with Crippen LogP contribution in [-0.4, -0.2) is 36.5 Å². The molecule has 0 radical (unpaired) electrons. The van der Waals surface area contributed by atoms with Gasteiger partial charge in [-0.15, -0.1) is 0 Å². The van der Waals surface area contributed by atoms with Crippen molar-refractivity contribution in [2.24, 2.45) is 0 Å². The predicted octanol–water partition coefficient (Wildman–Crippen LogP) is 2.92. The first-order chi connectivity index (χ1) is 10.2. The Morgan fingerprint density at radius 3 is 2.71 bits per heavy atom. The Morgan fingerprint density at radius 1 is 1.29 bits per heavy atom. The molecule has 1 aromatic rings. The second-order valence-electron chi connectivity index (χ2n) is 6.18. The predicted molar refractivity (Wildman–Crippen MR) is 87.4 cm³/mol. The molecule has 3 nitrogen and oxygen atoms in total. The van der Waals surface area contributed by atoms with Crippen molar-refractivity contribution in [1.82, 2.24) is 10.2 Å². The Labute approximate surface area is 128 Å². The van der Waals surface area contributed by atoms with Crippen molar-refractivity contribution in [2.75, 3.05) is 19.6 Å². The molecule has 116 valence electrons. The van der Waals surface area contributed by atoms with E-state index in [0.29, 0.717) is 12.5 Å². The number of rotatable bonds is 7. The quantitative estimate of drug-likeness (QED) is 0.836. The van der Waals surface area contributed by atoms with Crippen LogP contribution in [0.2, 0.25) is 0 Å². The number of carbonyl (C=O) groups is 1. The lowest BCUT2D eigenvalue weighted by molar-refractivity contribution is -0.121. The largest absolute Gasteiger partial charge is 0.355 e. The van der Waals surface area contributed by atoms with Crippen molar-refractivity contribution in [3.8, 4) is 0 Å². The number of likely N-dealkylation sites (tertiary alicyclic amines) is 1. The Kier molecular flexibility index (Phi) is 6.24. The molecule has 0 bridgehead atoms. The lowest BCUT2D eigenvalue weighted by atomic mass is 10.0. The molecule has 0 saturated carbocycles. The monoisotopic (exact) mass is 288 g/mol. The van der Waals surface area contributed by atoms with Crippen LogP contribution in [0.3, 0.4) is 0 Å². The molecule has 1 aromatic carbocycles. The summed E-state index contributed by atoms with van der Waals surface area (Å²) in [6, 6.07) is 8.88. The SMILES string of the molecule is Cc1ccccc1CCCC(=O)NCC(C)N1CCCC1. The zero-order chi connectivity index (χ0) is 15.1. The van der Waals surface area contributed by atoms with E-state index >= 15 is 0 Å². The van der Waals surface area contributed by atoms with Crippen molar-refractivity contribution in [3.63, 3.8) is 0 Å². The third-order valence-corrected chi connectivity index (χ3v) is 4.47. The second kappa shape index (κ2) is 8.18. The van der Waals surface area contributed by atoms with Crippen molar-refractivity contribution >= 4 is 5.91 Å². The summed E-state index contributed by atoms with van der Waals surface area (Å²) in [6.45, 7) is 7.49. The summed E-state index contributed by atoms with van der Waals surface area (Å²) >= 11 is 0. The molecule has 1 atom stereocenters. The van der Waals surface area contributed by atoms with Gasteiger partial charge in [0.25, 0.3) is 0 Å². The summed E-state index contributed by atoms with van der Waals surface area (Å²) in [5.74, 6) is 0.189. The fraction of sp³-hybridized carbons (Fsp3) is 0.611. The third kappa shape index (κ3) is 5.16. The van der Waals surface area contributed by atoms with E-state index in [-0.39, 0.29) is 5.91 Å². The highest BCUT2D eigenvalue weighted by atomic mass is 16.1. The van der Waals surface area contributed by atoms with Gasteiger partial charge in [0.2, 0.25) is 5.91 Å². The Morgan fingerprint density at radius 2 is 2.00 bits per heavy atom. The summed E-state index contributed by atoms with van der Waals surface area (Å²) < 4.78 is 0. The minimum atomic E-state index is 0.189. The molecular formula is C18H28N2O. The van der Waals surface area contributed by atoms with Gasteiger partial charge in [0.15, 0.2) is 0 Å². The van der Waals surface area contributed by atoms with Crippen molar-refractivity contribution in [1.29, 1.82) is 0 Å². The summed E-state index contributed by atoms with van der Waals surface area (Å²) in [4.78, 5) is 14.4. The fourth-order valence-corrected chi connectivity index (χ4v) is 2.99. The maximum absolute atomic E-state index is 11.9. The van der Waals surface area contributed by atoms with Crippen LogP contribution in [-0.2, 0) is 11.2 Å². The molecule has 3 heteroatoms. The molecule has 1 unspecified atom stereocenters. The molecule has 21 heavy (non-hydrogen) atoms. The van der Waals surface area contributed by atoms with Gasteiger partial charge in [-0.1, -0.05) is 24.3 Å². The van der Waals surface area contributed by atoms with Gasteiger partial charge in [-0.3, -0.25) is 9.69 Å². The van der Waals surface area contributed by atoms with Gasteiger partial charge >= 0.3 is 0 Å². The highest BCUT2D eigenvalue weighted by molar-refractivity contribution is 5.75. The van der Waals surface area contributed by atoms with Crippen molar-refractivity contribution in [3.05, 3.63) is 35.4 Å². The minimum Gasteiger partial charge on any atom is -0.355 e. The van der Waals surface area contributed by atoms with Gasteiger partial charge < -0.3 is 5.32 Å². The lowest BCUT2D eigenvalue weighted by Crippen LogP contribution is -2.40. The highest BCUT2D eigenvalue weighted by Crippen LogP contribution is 2.12. The smallest absolute Gasteiger partial charge is 0.220 e. The highest BCUT2D eigenvalue weighted by Gasteiger charge is 2.18. The van der Waals surface area contributed by atoms with E-state index in [1.807, 2.05) is 0 Å². The molecule has 2 rings (SSSR count). The average Bonchev–Trinajstić information content (AvgIpc) is 3.01. The number of benzene rings is 1. The molecule has 0 aliphatic carbocycles. The molecule has 0 aromatic heterocycles. The van der Waals surface area contributed by atoms with Crippen LogP contribution in [0, 0.1) is 6.92 Å². The van der Waals surface area contributed by atoms with E-state index in [0.717, 1.165) is 19.4 Å². The number of hydrogen-bond acceptors (Lipinski definition) is 2. The number of carbonyl (C=O) groups excluding carboxylic acids is 1. The van der Waals surface area contributed by atoms with Crippen LogP contribution in [0.1, 0.15) is 43.7 Å². The van der Waals surface area contributed by atoms with Crippen molar-refractivity contribution < 1.29 is 4.79 Å². The Hall–Kier alpha value is -1.35. The standard InChI is InChI=1S/C18H28N2O/c1-15-8-3-4-9-17(15)10-7-11-18(21)19-14-16(2)20-12-5-6-13-20/h3-4,8-9,16H,5-7,10-14H2,1-2H3,(H,19,21). The van der Waals surface area contributed by atoms with Gasteiger partial charge in [-0.05, 0) is 63.7 Å². The van der Waals surface area contributed by atoms with E-state index in [2.05, 4.69) is 48.3 Å². The summed E-state index contributed by atoms with van der Waals surface area (Å²) in [7, 11) is 0. The molecule has 1 aliphatic heterocycles. The van der Waals surface area contributed by atoms with E-state index in [1.54, 1.807) is 0 Å². The zero-order valence-electron chi connectivity index (χ0n) is 13.4. The van der Waals surface area contributed by atoms with Crippen LogP contribution in [0.5, 0.6) is 0 Å². The van der Waals surface area contributed by atoms with E-state index in [4.69, 9.17) is 0 Å². The maximum Gasteiger partial charge on any atom is 0.220 e. The molecule has 0 spiro atoms. The van der Waals surface area contributed by atoms with Crippen LogP contribution in [0.4, 0.5) is 0 Å². The van der Waals surface area contributed by atoms with Crippen LogP contribution in [0.15, 0.2) is 24.3 Å². The van der Waals surface area contributed by atoms with E-state index in [9.17, 15) is 4.79 Å². The second-order valence-corrected chi connectivity index (χ2v) is 6.18. The Balaban J connectivity index is 1.62. The van der Waals surface area contributed by atoms with Crippen molar-refractivity contribution in [2.45, 2.75) is 52.0 Å². The molecule has 1 saturated heterocycles. The number of aryl methyl sites for hydroxylation is 2. The molecule has 1 N–H and O–H groups in total. The first-order valence-corrected chi connectivity index (χ1v) is 8.22. The van der Waals surface area contributed by atoms with E-state index in [1.165, 1.54) is 37.1 Å². The summed E-state index contributed by atoms with van der Waals surface area (Å²) in [5, 5.41) is 3.08. The van der Waals surface area contributed by atoms with Gasteiger partial charge in [0.1, 0.15) is 0 Å². The first-order valence-electron chi connectivity index (χ1n) is 8.22. The summed E-state index contributed by atoms with van der Waals surface area (Å²) in [5.41, 5.74) is 2.68. The van der Waals surface area contributed by atoms with Gasteiger partial charge in [0.05, 0.1) is 0 Å². The summed E-state index contributed by atoms with van der Waals surface area (Å²) in [6.07, 6.45) is 5.14. The molecule has 1 heterocycles. The number of nitrogens with one attached hydrogen (secondary N) is 1. The van der Waals surface area contributed by atoms with Crippen LogP contribution >= 0.6 is 0 Å². The third-order valence-electron chi connectivity index (χ3n) is 4.47. The number of hydrogen-bond donors (Lipinski definition) is 1. The molecule has 1 amide bonds. The number of nitrogens with zero attached hydrogens (tertiary/aromatic N) is 1. The van der Waals surface area contributed by atoms with Crippen LogP contribution in [0.25, 0.3) is 0 Å². The van der Waals surface area contributed by atoms with Gasteiger partial charge in [-0.2, -0.15) is 0 Å². The van der Waals surface area contributed by atoms with E-state index < -0.39 is 0 Å². The lowest BCUT2D eigenvalue weighted by Gasteiger charge is -2.23. The molecule has 1 fully saturated rings. The minimum absolute atomic E-state index is 0.189. The van der Waals surface area contributed by atoms with Gasteiger partial charge in [0, 0.05) is 19.0 Å². The first kappa shape index (κ1) is 16.0. The normalized spacial score (nSPS) is 16.9. The topological polar surface area (TPSA) is 32.3 Å². The van der Waals surface area contributed by atoms with Crippen LogP contribution < -0.4 is 5.32 Å². The fourth-order valence-electron chi connectivity index (χ4n) is 2.99. The molecule has 1 aliphatic rings. The Bertz CT molecular complexity index is 452. The van der Waals surface area contributed by atoms with Gasteiger partial charge in [-0.25, -0.2) is 0 Å².